The van der Waals surface area contributed by atoms with E-state index in [1.807, 2.05) is 68.7 Å². The number of fused-ring (bicyclic) bond motifs is 2. The number of hydrogen-bond donors (Lipinski definition) is 0. The Morgan fingerprint density at radius 3 is 2.47 bits per heavy atom. The average Bonchev–Trinajstić information content (AvgIpc) is 3.17. The molecule has 4 rings (SSSR count). The summed E-state index contributed by atoms with van der Waals surface area (Å²) in [4.78, 5) is 22.4. The highest BCUT2D eigenvalue weighted by atomic mass is 35.5. The largest absolute Gasteiger partial charge is 0.496 e. The van der Waals surface area contributed by atoms with Crippen molar-refractivity contribution >= 4 is 67.4 Å². The van der Waals surface area contributed by atoms with Crippen molar-refractivity contribution in [1.29, 1.82) is 0 Å². The first-order chi connectivity index (χ1) is 15.0. The normalized spacial score (nSPS) is 11.0. The second-order valence-corrected chi connectivity index (χ2v) is 9.07. The first-order valence-electron chi connectivity index (χ1n) is 10.1. The molecular weight excluding hydrogens is 465 g/mol. The summed E-state index contributed by atoms with van der Waals surface area (Å²) in [6.07, 6.45) is 0.825. The molecule has 0 N–H and O–H groups in total. The van der Waals surface area contributed by atoms with Crippen LogP contribution >= 0.6 is 35.3 Å². The molecular formula is C24H25Cl2N3O2S. The zero-order chi connectivity index (χ0) is 22.0. The van der Waals surface area contributed by atoms with Gasteiger partial charge in [-0.2, -0.15) is 0 Å². The van der Waals surface area contributed by atoms with E-state index in [1.54, 1.807) is 12.0 Å². The molecule has 0 atom stereocenters. The fraction of sp³-hybridized carbons (Fsp3) is 0.250. The predicted octanol–water partition coefficient (Wildman–Crippen LogP) is 6.13. The number of carbonyl (C=O) groups excluding carboxylic acids is 1. The molecule has 0 bridgehead atoms. The minimum atomic E-state index is -0.119. The number of thiazole rings is 1. The highest BCUT2D eigenvalue weighted by Crippen LogP contribution is 2.34. The summed E-state index contributed by atoms with van der Waals surface area (Å²) in [6.45, 7) is 1.43. The highest BCUT2D eigenvalue weighted by Gasteiger charge is 2.24. The standard InChI is InChI=1S/C24H24ClN3O2S.ClH/c1-27(2)11-6-12-28(24-26-20-10-9-18(25)15-22(20)31-24)23(29)19-13-16-7-4-5-8-17(16)14-21(19)30-3;/h4-5,7-10,13-15H,6,11-12H2,1-3H3;1H. The number of nitrogens with zero attached hydrogens (tertiary/aromatic N) is 3. The van der Waals surface area contributed by atoms with E-state index in [0.717, 1.165) is 34.0 Å². The third-order valence-corrected chi connectivity index (χ3v) is 6.38. The van der Waals surface area contributed by atoms with Gasteiger partial charge in [-0.05, 0) is 68.2 Å². The Balaban J connectivity index is 0.00000289. The Kier molecular flexibility index (Phi) is 7.96. The number of hydrogen-bond acceptors (Lipinski definition) is 5. The van der Waals surface area contributed by atoms with Crippen molar-refractivity contribution in [2.45, 2.75) is 6.42 Å². The Morgan fingerprint density at radius 1 is 1.06 bits per heavy atom. The molecule has 1 heterocycles. The second kappa shape index (κ2) is 10.5. The van der Waals surface area contributed by atoms with Gasteiger partial charge in [0.15, 0.2) is 5.13 Å². The summed E-state index contributed by atoms with van der Waals surface area (Å²) in [7, 11) is 5.65. The summed E-state index contributed by atoms with van der Waals surface area (Å²) in [5, 5.41) is 3.35. The van der Waals surface area contributed by atoms with E-state index in [0.29, 0.717) is 28.0 Å². The third-order valence-electron chi connectivity index (χ3n) is 5.10. The van der Waals surface area contributed by atoms with Crippen molar-refractivity contribution in [2.24, 2.45) is 0 Å². The summed E-state index contributed by atoms with van der Waals surface area (Å²) in [5.41, 5.74) is 1.36. The number of aromatic nitrogens is 1. The Hall–Kier alpha value is -2.38. The SMILES string of the molecule is COc1cc2ccccc2cc1C(=O)N(CCCN(C)C)c1nc2ccc(Cl)cc2s1.Cl. The maximum absolute atomic E-state index is 13.8. The Morgan fingerprint density at radius 2 is 1.78 bits per heavy atom. The second-order valence-electron chi connectivity index (χ2n) is 7.62. The van der Waals surface area contributed by atoms with E-state index in [-0.39, 0.29) is 18.3 Å². The topological polar surface area (TPSA) is 45.7 Å². The van der Waals surface area contributed by atoms with Crippen LogP contribution in [0.5, 0.6) is 5.75 Å². The molecule has 4 aromatic rings. The molecule has 0 unspecified atom stereocenters. The lowest BCUT2D eigenvalue weighted by atomic mass is 10.0. The van der Waals surface area contributed by atoms with Crippen molar-refractivity contribution in [1.82, 2.24) is 9.88 Å². The molecule has 0 saturated carbocycles. The molecule has 8 heteroatoms. The first-order valence-corrected chi connectivity index (χ1v) is 11.2. The van der Waals surface area contributed by atoms with Gasteiger partial charge in [-0.1, -0.05) is 47.2 Å². The van der Waals surface area contributed by atoms with Gasteiger partial charge in [-0.25, -0.2) is 4.98 Å². The zero-order valence-corrected chi connectivity index (χ0v) is 20.6. The lowest BCUT2D eigenvalue weighted by Crippen LogP contribution is -2.33. The number of anilines is 1. The van der Waals surface area contributed by atoms with Crippen LogP contribution in [0, 0.1) is 0 Å². The number of carbonyl (C=O) groups is 1. The lowest BCUT2D eigenvalue weighted by molar-refractivity contribution is 0.0983. The number of halogens is 2. The molecule has 5 nitrogen and oxygen atoms in total. The van der Waals surface area contributed by atoms with Gasteiger partial charge in [-0.3, -0.25) is 9.69 Å². The van der Waals surface area contributed by atoms with Crippen LogP contribution in [0.15, 0.2) is 54.6 Å². The van der Waals surface area contributed by atoms with Gasteiger partial charge in [-0.15, -0.1) is 12.4 Å². The maximum Gasteiger partial charge on any atom is 0.263 e. The molecule has 32 heavy (non-hydrogen) atoms. The van der Waals surface area contributed by atoms with Crippen molar-refractivity contribution in [3.63, 3.8) is 0 Å². The monoisotopic (exact) mass is 489 g/mol. The molecule has 0 saturated heterocycles. The number of amides is 1. The van der Waals surface area contributed by atoms with Gasteiger partial charge >= 0.3 is 0 Å². The van der Waals surface area contributed by atoms with Crippen LogP contribution in [0.1, 0.15) is 16.8 Å². The molecule has 0 spiro atoms. The summed E-state index contributed by atoms with van der Waals surface area (Å²) in [6, 6.07) is 17.4. The molecule has 1 amide bonds. The van der Waals surface area contributed by atoms with E-state index in [2.05, 4.69) is 4.90 Å². The first kappa shape index (κ1) is 24.3. The van der Waals surface area contributed by atoms with Crippen LogP contribution in [-0.2, 0) is 0 Å². The quantitative estimate of drug-likeness (QED) is 0.313. The summed E-state index contributed by atoms with van der Waals surface area (Å²) < 4.78 is 6.54. The zero-order valence-electron chi connectivity index (χ0n) is 18.2. The van der Waals surface area contributed by atoms with Gasteiger partial charge < -0.3 is 9.64 Å². The molecule has 1 aromatic heterocycles. The molecule has 0 radical (unpaired) electrons. The van der Waals surface area contributed by atoms with Gasteiger partial charge in [0, 0.05) is 11.6 Å². The predicted molar refractivity (Wildman–Crippen MR) is 137 cm³/mol. The third kappa shape index (κ3) is 5.15. The van der Waals surface area contributed by atoms with E-state index >= 15 is 0 Å². The van der Waals surface area contributed by atoms with Gasteiger partial charge in [0.25, 0.3) is 5.91 Å². The van der Waals surface area contributed by atoms with Crippen molar-refractivity contribution in [2.75, 3.05) is 39.2 Å². The van der Waals surface area contributed by atoms with Gasteiger partial charge in [0.2, 0.25) is 0 Å². The van der Waals surface area contributed by atoms with Crippen LogP contribution in [0.3, 0.4) is 0 Å². The molecule has 0 aliphatic carbocycles. The number of ether oxygens (including phenoxy) is 1. The van der Waals surface area contributed by atoms with Gasteiger partial charge in [0.05, 0.1) is 22.9 Å². The highest BCUT2D eigenvalue weighted by molar-refractivity contribution is 7.22. The number of rotatable bonds is 7. The molecule has 0 aliphatic heterocycles. The maximum atomic E-state index is 13.8. The van der Waals surface area contributed by atoms with E-state index < -0.39 is 0 Å². The summed E-state index contributed by atoms with van der Waals surface area (Å²) in [5.74, 6) is 0.442. The number of benzene rings is 3. The molecule has 0 fully saturated rings. The van der Waals surface area contributed by atoms with Crippen molar-refractivity contribution < 1.29 is 9.53 Å². The fourth-order valence-corrected chi connectivity index (χ4v) is 4.80. The van der Waals surface area contributed by atoms with E-state index in [1.165, 1.54) is 11.3 Å². The van der Waals surface area contributed by atoms with Crippen molar-refractivity contribution in [3.8, 4) is 5.75 Å². The lowest BCUT2D eigenvalue weighted by Gasteiger charge is -2.22. The minimum Gasteiger partial charge on any atom is -0.496 e. The smallest absolute Gasteiger partial charge is 0.263 e. The van der Waals surface area contributed by atoms with Crippen LogP contribution < -0.4 is 9.64 Å². The van der Waals surface area contributed by atoms with Crippen molar-refractivity contribution in [3.05, 3.63) is 65.2 Å². The Labute approximate surface area is 203 Å². The van der Waals surface area contributed by atoms with Crippen LogP contribution in [-0.4, -0.2) is 50.1 Å². The number of methoxy groups -OCH3 is 1. The Bertz CT molecular complexity index is 1240. The minimum absolute atomic E-state index is 0. The van der Waals surface area contributed by atoms with E-state index in [4.69, 9.17) is 21.3 Å². The van der Waals surface area contributed by atoms with Crippen LogP contribution in [0.25, 0.3) is 21.0 Å². The summed E-state index contributed by atoms with van der Waals surface area (Å²) >= 11 is 7.63. The molecule has 168 valence electrons. The average molecular weight is 490 g/mol. The van der Waals surface area contributed by atoms with Gasteiger partial charge in [0.1, 0.15) is 5.75 Å². The van der Waals surface area contributed by atoms with Crippen LogP contribution in [0.2, 0.25) is 5.02 Å². The molecule has 0 aliphatic rings. The fourth-order valence-electron chi connectivity index (χ4n) is 3.53. The van der Waals surface area contributed by atoms with E-state index in [9.17, 15) is 4.79 Å². The van der Waals surface area contributed by atoms with Crippen LogP contribution in [0.4, 0.5) is 5.13 Å². The molecule has 3 aromatic carbocycles.